The van der Waals surface area contributed by atoms with Gasteiger partial charge < -0.3 is 10.1 Å². The number of benzene rings is 3. The summed E-state index contributed by atoms with van der Waals surface area (Å²) < 4.78 is 7.69. The van der Waals surface area contributed by atoms with Gasteiger partial charge in [-0.25, -0.2) is 0 Å². The summed E-state index contributed by atoms with van der Waals surface area (Å²) in [6, 6.07) is 22.7. The van der Waals surface area contributed by atoms with Crippen LogP contribution < -0.4 is 10.1 Å². The highest BCUT2D eigenvalue weighted by molar-refractivity contribution is 9.10. The van der Waals surface area contributed by atoms with Crippen LogP contribution in [0.3, 0.4) is 0 Å². The van der Waals surface area contributed by atoms with Gasteiger partial charge in [0.1, 0.15) is 24.0 Å². The number of carbonyl (C=O) groups excluding carboxylic acids is 1. The summed E-state index contributed by atoms with van der Waals surface area (Å²) >= 11 is 6.79. The highest BCUT2D eigenvalue weighted by Crippen LogP contribution is 2.27. The van der Waals surface area contributed by atoms with E-state index in [0.717, 1.165) is 14.5 Å². The molecule has 0 saturated carbocycles. The Hall–Kier alpha value is -2.88. The van der Waals surface area contributed by atoms with Gasteiger partial charge >= 0.3 is 0 Å². The Balaban J connectivity index is 1.81. The zero-order chi connectivity index (χ0) is 21.5. The number of halogens is 2. The summed E-state index contributed by atoms with van der Waals surface area (Å²) in [5.41, 5.74) is 3.44. The number of anilines is 1. The molecular weight excluding hydrogens is 508 g/mol. The summed E-state index contributed by atoms with van der Waals surface area (Å²) in [7, 11) is 0. The number of nitriles is 1. The molecule has 0 fully saturated rings. The Morgan fingerprint density at radius 2 is 1.70 bits per heavy atom. The van der Waals surface area contributed by atoms with E-state index in [2.05, 4.69) is 37.2 Å². The van der Waals surface area contributed by atoms with Gasteiger partial charge in [0.25, 0.3) is 5.91 Å². The van der Waals surface area contributed by atoms with Crippen molar-refractivity contribution in [3.8, 4) is 11.8 Å². The molecule has 0 aliphatic carbocycles. The molecular formula is C24H18Br2N2O2. The molecule has 150 valence electrons. The van der Waals surface area contributed by atoms with Crippen LogP contribution in [0.5, 0.6) is 5.75 Å². The molecule has 3 aromatic carbocycles. The van der Waals surface area contributed by atoms with Crippen LogP contribution in [0.25, 0.3) is 6.08 Å². The third-order valence-corrected chi connectivity index (χ3v) is 5.28. The lowest BCUT2D eigenvalue weighted by Gasteiger charge is -2.11. The number of rotatable bonds is 6. The molecule has 0 aromatic heterocycles. The Bertz CT molecular complexity index is 1120. The molecule has 30 heavy (non-hydrogen) atoms. The van der Waals surface area contributed by atoms with Gasteiger partial charge in [-0.3, -0.25) is 4.79 Å². The van der Waals surface area contributed by atoms with Crippen molar-refractivity contribution in [2.24, 2.45) is 0 Å². The SMILES string of the molecule is Cc1ccc(COc2ccc(Br)cc2/C=C(\C#N)C(=O)Nc2ccc(Br)cc2)cc1. The van der Waals surface area contributed by atoms with E-state index in [1.54, 1.807) is 12.1 Å². The van der Waals surface area contributed by atoms with Crippen molar-refractivity contribution in [2.75, 3.05) is 5.32 Å². The Kier molecular flexibility index (Phi) is 7.45. The van der Waals surface area contributed by atoms with Crippen molar-refractivity contribution in [3.05, 3.63) is 97.9 Å². The van der Waals surface area contributed by atoms with Crippen LogP contribution in [-0.4, -0.2) is 5.91 Å². The molecule has 0 unspecified atom stereocenters. The molecule has 0 atom stereocenters. The van der Waals surface area contributed by atoms with Crippen LogP contribution in [-0.2, 0) is 11.4 Å². The fourth-order valence-corrected chi connectivity index (χ4v) is 3.29. The highest BCUT2D eigenvalue weighted by atomic mass is 79.9. The van der Waals surface area contributed by atoms with E-state index in [0.29, 0.717) is 23.6 Å². The third-order valence-electron chi connectivity index (χ3n) is 4.25. The van der Waals surface area contributed by atoms with E-state index >= 15 is 0 Å². The zero-order valence-corrected chi connectivity index (χ0v) is 19.3. The second-order valence-corrected chi connectivity index (χ2v) is 8.42. The molecule has 4 nitrogen and oxygen atoms in total. The Labute approximate surface area is 192 Å². The molecule has 1 N–H and O–H groups in total. The van der Waals surface area contributed by atoms with Crippen molar-refractivity contribution in [1.29, 1.82) is 5.26 Å². The number of carbonyl (C=O) groups is 1. The van der Waals surface area contributed by atoms with Gasteiger partial charge in [-0.05, 0) is 61.0 Å². The average Bonchev–Trinajstić information content (AvgIpc) is 2.74. The van der Waals surface area contributed by atoms with Crippen molar-refractivity contribution in [3.63, 3.8) is 0 Å². The van der Waals surface area contributed by atoms with Gasteiger partial charge in [0.05, 0.1) is 0 Å². The number of hydrogen-bond donors (Lipinski definition) is 1. The van der Waals surface area contributed by atoms with Gasteiger partial charge in [-0.1, -0.05) is 61.7 Å². The second-order valence-electron chi connectivity index (χ2n) is 6.59. The number of amides is 1. The van der Waals surface area contributed by atoms with Gasteiger partial charge in [0, 0.05) is 20.2 Å². The van der Waals surface area contributed by atoms with Crippen LogP contribution in [0.1, 0.15) is 16.7 Å². The van der Waals surface area contributed by atoms with Crippen molar-refractivity contribution in [2.45, 2.75) is 13.5 Å². The van der Waals surface area contributed by atoms with E-state index in [-0.39, 0.29) is 5.57 Å². The molecule has 0 spiro atoms. The van der Waals surface area contributed by atoms with E-state index in [1.807, 2.05) is 67.6 Å². The minimum atomic E-state index is -0.482. The lowest BCUT2D eigenvalue weighted by Crippen LogP contribution is -2.13. The van der Waals surface area contributed by atoms with Crippen LogP contribution in [0.4, 0.5) is 5.69 Å². The van der Waals surface area contributed by atoms with Crippen molar-refractivity contribution >= 4 is 49.5 Å². The van der Waals surface area contributed by atoms with Crippen LogP contribution in [0, 0.1) is 18.3 Å². The first-order valence-electron chi connectivity index (χ1n) is 9.11. The van der Waals surface area contributed by atoms with Gasteiger partial charge in [0.2, 0.25) is 0 Å². The van der Waals surface area contributed by atoms with Gasteiger partial charge in [0.15, 0.2) is 0 Å². The molecule has 0 aliphatic heterocycles. The number of nitrogens with zero attached hydrogens (tertiary/aromatic N) is 1. The highest BCUT2D eigenvalue weighted by Gasteiger charge is 2.12. The molecule has 0 saturated heterocycles. The standard InChI is InChI=1S/C24H18Br2N2O2/c1-16-2-4-17(5-3-16)15-30-23-11-8-21(26)13-18(23)12-19(14-27)24(29)28-22-9-6-20(25)7-10-22/h2-13H,15H2,1H3,(H,28,29)/b19-12+. The maximum absolute atomic E-state index is 12.6. The zero-order valence-electron chi connectivity index (χ0n) is 16.2. The van der Waals surface area contributed by atoms with E-state index in [1.165, 1.54) is 11.6 Å². The van der Waals surface area contributed by atoms with Gasteiger partial charge in [-0.15, -0.1) is 0 Å². The summed E-state index contributed by atoms with van der Waals surface area (Å²) in [6.07, 6.45) is 1.53. The fourth-order valence-electron chi connectivity index (χ4n) is 2.64. The molecule has 6 heteroatoms. The van der Waals surface area contributed by atoms with Crippen LogP contribution >= 0.6 is 31.9 Å². The number of ether oxygens (including phenoxy) is 1. The summed E-state index contributed by atoms with van der Waals surface area (Å²) in [5.74, 6) is 0.104. The number of hydrogen-bond acceptors (Lipinski definition) is 3. The van der Waals surface area contributed by atoms with Crippen LogP contribution in [0.15, 0.2) is 81.2 Å². The smallest absolute Gasteiger partial charge is 0.266 e. The first kappa shape index (κ1) is 21.8. The largest absolute Gasteiger partial charge is 0.488 e. The van der Waals surface area contributed by atoms with E-state index in [9.17, 15) is 10.1 Å². The van der Waals surface area contributed by atoms with Crippen molar-refractivity contribution in [1.82, 2.24) is 0 Å². The minimum absolute atomic E-state index is 0.0174. The molecule has 0 aliphatic rings. The summed E-state index contributed by atoms with van der Waals surface area (Å²) in [4.78, 5) is 12.6. The first-order valence-corrected chi connectivity index (χ1v) is 10.7. The monoisotopic (exact) mass is 524 g/mol. The first-order chi connectivity index (χ1) is 14.4. The molecule has 0 bridgehead atoms. The van der Waals surface area contributed by atoms with E-state index in [4.69, 9.17) is 4.74 Å². The maximum Gasteiger partial charge on any atom is 0.266 e. The fraction of sp³-hybridized carbons (Fsp3) is 0.0833. The van der Waals surface area contributed by atoms with E-state index < -0.39 is 5.91 Å². The summed E-state index contributed by atoms with van der Waals surface area (Å²) in [6.45, 7) is 2.42. The molecule has 3 aromatic rings. The lowest BCUT2D eigenvalue weighted by molar-refractivity contribution is -0.112. The lowest BCUT2D eigenvalue weighted by atomic mass is 10.1. The third kappa shape index (κ3) is 6.06. The Morgan fingerprint density at radius 1 is 1.03 bits per heavy atom. The average molecular weight is 526 g/mol. The number of aryl methyl sites for hydroxylation is 1. The maximum atomic E-state index is 12.6. The quantitative estimate of drug-likeness (QED) is 0.289. The van der Waals surface area contributed by atoms with Crippen LogP contribution in [0.2, 0.25) is 0 Å². The van der Waals surface area contributed by atoms with Gasteiger partial charge in [-0.2, -0.15) is 5.26 Å². The predicted molar refractivity (Wildman–Crippen MR) is 126 cm³/mol. The summed E-state index contributed by atoms with van der Waals surface area (Å²) in [5, 5.41) is 12.3. The minimum Gasteiger partial charge on any atom is -0.488 e. The predicted octanol–water partition coefficient (Wildman–Crippen LogP) is 6.64. The Morgan fingerprint density at radius 3 is 2.37 bits per heavy atom. The normalized spacial score (nSPS) is 10.9. The topological polar surface area (TPSA) is 62.1 Å². The second kappa shape index (κ2) is 10.2. The number of nitrogens with one attached hydrogen (secondary N) is 1. The van der Waals surface area contributed by atoms with Crippen molar-refractivity contribution < 1.29 is 9.53 Å². The molecule has 3 rings (SSSR count). The molecule has 1 amide bonds. The molecule has 0 radical (unpaired) electrons. The molecule has 0 heterocycles.